The van der Waals surface area contributed by atoms with E-state index < -0.39 is 10.8 Å². The summed E-state index contributed by atoms with van der Waals surface area (Å²) < 4.78 is 5.19. The molecule has 2 aromatic rings. The molecule has 0 aliphatic carbocycles. The SMILES string of the molecule is COc1ccccc1C=CC(=O)Nc1ccc(C)cc1[N+](=O)[O-]. The zero-order chi connectivity index (χ0) is 16.8. The van der Waals surface area contributed by atoms with Crippen LogP contribution in [-0.2, 0) is 4.79 Å². The van der Waals surface area contributed by atoms with E-state index in [9.17, 15) is 14.9 Å². The molecule has 118 valence electrons. The molecule has 0 saturated carbocycles. The Morgan fingerprint density at radius 2 is 2.00 bits per heavy atom. The van der Waals surface area contributed by atoms with Gasteiger partial charge in [-0.05, 0) is 30.7 Å². The molecule has 2 aromatic carbocycles. The van der Waals surface area contributed by atoms with Crippen molar-refractivity contribution in [2.24, 2.45) is 0 Å². The molecule has 6 nitrogen and oxygen atoms in total. The summed E-state index contributed by atoms with van der Waals surface area (Å²) >= 11 is 0. The van der Waals surface area contributed by atoms with Gasteiger partial charge < -0.3 is 10.1 Å². The lowest BCUT2D eigenvalue weighted by Crippen LogP contribution is -2.09. The number of para-hydroxylation sites is 1. The van der Waals surface area contributed by atoms with E-state index in [0.29, 0.717) is 5.75 Å². The number of carbonyl (C=O) groups excluding carboxylic acids is 1. The molecule has 0 bridgehead atoms. The van der Waals surface area contributed by atoms with E-state index >= 15 is 0 Å². The van der Waals surface area contributed by atoms with E-state index in [1.165, 1.54) is 18.2 Å². The third-order valence-corrected chi connectivity index (χ3v) is 3.16. The Labute approximate surface area is 133 Å². The fourth-order valence-corrected chi connectivity index (χ4v) is 2.04. The molecule has 1 N–H and O–H groups in total. The molecule has 0 heterocycles. The first-order chi connectivity index (χ1) is 11.0. The number of nitrogens with zero attached hydrogens (tertiary/aromatic N) is 1. The number of nitro benzene ring substituents is 1. The minimum absolute atomic E-state index is 0.135. The van der Waals surface area contributed by atoms with Crippen molar-refractivity contribution in [1.29, 1.82) is 0 Å². The van der Waals surface area contributed by atoms with Gasteiger partial charge in [-0.15, -0.1) is 0 Å². The molecule has 6 heteroatoms. The number of rotatable bonds is 5. The molecule has 0 saturated heterocycles. The fourth-order valence-electron chi connectivity index (χ4n) is 2.04. The van der Waals surface area contributed by atoms with E-state index in [-0.39, 0.29) is 11.4 Å². The third kappa shape index (κ3) is 4.16. The molecule has 0 aliphatic heterocycles. The average Bonchev–Trinajstić information content (AvgIpc) is 2.54. The Bertz CT molecular complexity index is 769. The number of aryl methyl sites for hydroxylation is 1. The zero-order valence-electron chi connectivity index (χ0n) is 12.8. The van der Waals surface area contributed by atoms with Crippen LogP contribution in [0.2, 0.25) is 0 Å². The second-order valence-electron chi connectivity index (χ2n) is 4.84. The van der Waals surface area contributed by atoms with Crippen LogP contribution in [0.15, 0.2) is 48.5 Å². The van der Waals surface area contributed by atoms with Crippen LogP contribution in [0.4, 0.5) is 11.4 Å². The summed E-state index contributed by atoms with van der Waals surface area (Å²) in [6.07, 6.45) is 2.90. The second kappa shape index (κ2) is 7.22. The zero-order valence-corrected chi connectivity index (χ0v) is 12.8. The maximum absolute atomic E-state index is 12.0. The molecule has 0 unspecified atom stereocenters. The number of amides is 1. The highest BCUT2D eigenvalue weighted by Gasteiger charge is 2.14. The smallest absolute Gasteiger partial charge is 0.293 e. The summed E-state index contributed by atoms with van der Waals surface area (Å²) in [6.45, 7) is 1.75. The molecule has 0 aliphatic rings. The Kier molecular flexibility index (Phi) is 5.09. The average molecular weight is 312 g/mol. The number of benzene rings is 2. The van der Waals surface area contributed by atoms with Gasteiger partial charge in [0.15, 0.2) is 0 Å². The van der Waals surface area contributed by atoms with Crippen molar-refractivity contribution < 1.29 is 14.5 Å². The number of nitro groups is 1. The normalized spacial score (nSPS) is 10.5. The van der Waals surface area contributed by atoms with Crippen LogP contribution in [0.5, 0.6) is 5.75 Å². The van der Waals surface area contributed by atoms with Gasteiger partial charge in [0.2, 0.25) is 5.91 Å². The summed E-state index contributed by atoms with van der Waals surface area (Å²) in [6, 6.07) is 11.9. The number of methoxy groups -OCH3 is 1. The van der Waals surface area contributed by atoms with Gasteiger partial charge in [0, 0.05) is 17.7 Å². The Balaban J connectivity index is 2.17. The van der Waals surface area contributed by atoms with Crippen LogP contribution >= 0.6 is 0 Å². The summed E-state index contributed by atoms with van der Waals surface area (Å²) in [4.78, 5) is 22.5. The molecular formula is C17H16N2O4. The van der Waals surface area contributed by atoms with Gasteiger partial charge in [-0.2, -0.15) is 0 Å². The lowest BCUT2D eigenvalue weighted by atomic mass is 10.1. The number of hydrogen-bond donors (Lipinski definition) is 1. The molecule has 0 radical (unpaired) electrons. The lowest BCUT2D eigenvalue weighted by molar-refractivity contribution is -0.384. The number of hydrogen-bond acceptors (Lipinski definition) is 4. The summed E-state index contributed by atoms with van der Waals surface area (Å²) in [5, 5.41) is 13.6. The van der Waals surface area contributed by atoms with E-state index in [1.807, 2.05) is 12.1 Å². The van der Waals surface area contributed by atoms with Gasteiger partial charge in [-0.3, -0.25) is 14.9 Å². The lowest BCUT2D eigenvalue weighted by Gasteiger charge is -2.05. The Morgan fingerprint density at radius 1 is 1.26 bits per heavy atom. The van der Waals surface area contributed by atoms with Crippen molar-refractivity contribution in [3.63, 3.8) is 0 Å². The van der Waals surface area contributed by atoms with Crippen LogP contribution in [0.25, 0.3) is 6.08 Å². The van der Waals surface area contributed by atoms with Crippen LogP contribution in [0, 0.1) is 17.0 Å². The summed E-state index contributed by atoms with van der Waals surface area (Å²) in [5.41, 5.74) is 1.52. The highest BCUT2D eigenvalue weighted by molar-refractivity contribution is 6.03. The third-order valence-electron chi connectivity index (χ3n) is 3.16. The Morgan fingerprint density at radius 3 is 2.70 bits per heavy atom. The predicted molar refractivity (Wildman–Crippen MR) is 88.5 cm³/mol. The van der Waals surface area contributed by atoms with Gasteiger partial charge in [0.25, 0.3) is 5.69 Å². The van der Waals surface area contributed by atoms with Gasteiger partial charge in [0.05, 0.1) is 12.0 Å². The summed E-state index contributed by atoms with van der Waals surface area (Å²) in [5.74, 6) is 0.181. The minimum Gasteiger partial charge on any atom is -0.496 e. The molecule has 0 spiro atoms. The minimum atomic E-state index is -0.521. The molecule has 0 atom stereocenters. The van der Waals surface area contributed by atoms with Crippen LogP contribution < -0.4 is 10.1 Å². The van der Waals surface area contributed by atoms with Gasteiger partial charge in [-0.25, -0.2) is 0 Å². The molecular weight excluding hydrogens is 296 g/mol. The maximum Gasteiger partial charge on any atom is 0.293 e. The van der Waals surface area contributed by atoms with E-state index in [0.717, 1.165) is 11.1 Å². The highest BCUT2D eigenvalue weighted by Crippen LogP contribution is 2.25. The molecule has 2 rings (SSSR count). The van der Waals surface area contributed by atoms with Crippen molar-refractivity contribution in [2.75, 3.05) is 12.4 Å². The molecule has 1 amide bonds. The van der Waals surface area contributed by atoms with Gasteiger partial charge in [0.1, 0.15) is 11.4 Å². The molecule has 23 heavy (non-hydrogen) atoms. The van der Waals surface area contributed by atoms with Crippen LogP contribution in [-0.4, -0.2) is 17.9 Å². The van der Waals surface area contributed by atoms with Crippen molar-refractivity contribution >= 4 is 23.4 Å². The monoisotopic (exact) mass is 312 g/mol. The van der Waals surface area contributed by atoms with Crippen LogP contribution in [0.1, 0.15) is 11.1 Å². The number of anilines is 1. The maximum atomic E-state index is 12.0. The van der Waals surface area contributed by atoms with Crippen LogP contribution in [0.3, 0.4) is 0 Å². The first-order valence-electron chi connectivity index (χ1n) is 6.88. The largest absolute Gasteiger partial charge is 0.496 e. The van der Waals surface area contributed by atoms with Crippen molar-refractivity contribution in [3.05, 3.63) is 69.8 Å². The first-order valence-corrected chi connectivity index (χ1v) is 6.88. The Hall–Kier alpha value is -3.15. The van der Waals surface area contributed by atoms with E-state index in [4.69, 9.17) is 4.74 Å². The second-order valence-corrected chi connectivity index (χ2v) is 4.84. The predicted octanol–water partition coefficient (Wildman–Crippen LogP) is 3.56. The standard InChI is InChI=1S/C17H16N2O4/c1-12-7-9-14(15(11-12)19(21)22)18-17(20)10-8-13-5-3-4-6-16(13)23-2/h3-11H,1-2H3,(H,18,20). The highest BCUT2D eigenvalue weighted by atomic mass is 16.6. The number of carbonyl (C=O) groups is 1. The van der Waals surface area contributed by atoms with Gasteiger partial charge in [-0.1, -0.05) is 24.3 Å². The number of nitrogens with one attached hydrogen (secondary N) is 1. The first kappa shape index (κ1) is 16.2. The quantitative estimate of drug-likeness (QED) is 0.520. The van der Waals surface area contributed by atoms with Gasteiger partial charge >= 0.3 is 0 Å². The topological polar surface area (TPSA) is 81.5 Å². The van der Waals surface area contributed by atoms with Crippen molar-refractivity contribution in [2.45, 2.75) is 6.92 Å². The van der Waals surface area contributed by atoms with Crippen molar-refractivity contribution in [1.82, 2.24) is 0 Å². The van der Waals surface area contributed by atoms with E-state index in [1.54, 1.807) is 38.3 Å². The number of ether oxygens (including phenoxy) is 1. The molecule has 0 fully saturated rings. The summed E-state index contributed by atoms with van der Waals surface area (Å²) in [7, 11) is 1.54. The van der Waals surface area contributed by atoms with Crippen molar-refractivity contribution in [3.8, 4) is 5.75 Å². The molecule has 0 aromatic heterocycles. The fraction of sp³-hybridized carbons (Fsp3) is 0.118. The van der Waals surface area contributed by atoms with E-state index in [2.05, 4.69) is 5.32 Å².